The van der Waals surface area contributed by atoms with Crippen molar-refractivity contribution in [2.75, 3.05) is 13.2 Å². The predicted molar refractivity (Wildman–Crippen MR) is 127 cm³/mol. The largest absolute Gasteiger partial charge is 0.494 e. The minimum atomic E-state index is -0.781. The van der Waals surface area contributed by atoms with E-state index in [4.69, 9.17) is 10.5 Å². The van der Waals surface area contributed by atoms with Crippen LogP contribution in [0.3, 0.4) is 0 Å². The molecule has 0 radical (unpaired) electrons. The van der Waals surface area contributed by atoms with Gasteiger partial charge in [0.2, 0.25) is 0 Å². The summed E-state index contributed by atoms with van der Waals surface area (Å²) in [6.07, 6.45) is 10.7. The molecule has 1 aromatic carbocycles. The summed E-state index contributed by atoms with van der Waals surface area (Å²) >= 11 is 0. The van der Waals surface area contributed by atoms with E-state index >= 15 is 0 Å². The zero-order chi connectivity index (χ0) is 22.6. The number of hydrogen-bond acceptors (Lipinski definition) is 4. The van der Waals surface area contributed by atoms with Gasteiger partial charge in [-0.2, -0.15) is 0 Å². The molecule has 4 saturated carbocycles. The second-order valence-corrected chi connectivity index (χ2v) is 12.1. The van der Waals surface area contributed by atoms with Crippen LogP contribution >= 0.6 is 0 Å². The second-order valence-electron chi connectivity index (χ2n) is 12.1. The van der Waals surface area contributed by atoms with E-state index in [9.17, 15) is 10.2 Å². The highest BCUT2D eigenvalue weighted by molar-refractivity contribution is 5.33. The Bertz CT molecular complexity index is 829. The number of benzene rings is 1. The lowest BCUT2D eigenvalue weighted by molar-refractivity contribution is -0.165. The van der Waals surface area contributed by atoms with Crippen molar-refractivity contribution in [2.24, 2.45) is 40.2 Å². The molecule has 32 heavy (non-hydrogen) atoms. The molecule has 0 saturated heterocycles. The Morgan fingerprint density at radius 3 is 2.62 bits per heavy atom. The van der Waals surface area contributed by atoms with Crippen molar-refractivity contribution in [3.05, 3.63) is 29.8 Å². The molecule has 4 heteroatoms. The fourth-order valence-corrected chi connectivity index (χ4v) is 8.78. The molecule has 4 nitrogen and oxygen atoms in total. The third-order valence-corrected chi connectivity index (χ3v) is 10.6. The lowest BCUT2D eigenvalue weighted by Gasteiger charge is -2.62. The van der Waals surface area contributed by atoms with Crippen molar-refractivity contribution >= 4 is 0 Å². The third-order valence-electron chi connectivity index (χ3n) is 10.6. The molecule has 178 valence electrons. The van der Waals surface area contributed by atoms with Crippen LogP contribution in [0.5, 0.6) is 5.75 Å². The minimum Gasteiger partial charge on any atom is -0.494 e. The molecule has 0 amide bonds. The smallest absolute Gasteiger partial charge is 0.119 e. The van der Waals surface area contributed by atoms with Crippen LogP contribution in [0.25, 0.3) is 0 Å². The van der Waals surface area contributed by atoms with Crippen LogP contribution in [0.4, 0.5) is 0 Å². The van der Waals surface area contributed by atoms with Gasteiger partial charge in [-0.3, -0.25) is 0 Å². The maximum absolute atomic E-state index is 12.0. The first-order valence-corrected chi connectivity index (χ1v) is 13.1. The number of rotatable bonds is 5. The summed E-state index contributed by atoms with van der Waals surface area (Å²) in [5.41, 5.74) is 6.12. The van der Waals surface area contributed by atoms with Crippen molar-refractivity contribution < 1.29 is 14.9 Å². The van der Waals surface area contributed by atoms with Crippen molar-refractivity contribution in [1.82, 2.24) is 0 Å². The highest BCUT2D eigenvalue weighted by atomic mass is 16.5. The summed E-state index contributed by atoms with van der Waals surface area (Å²) in [4.78, 5) is 0. The van der Waals surface area contributed by atoms with Gasteiger partial charge in [-0.1, -0.05) is 26.0 Å². The average molecular weight is 442 g/mol. The van der Waals surface area contributed by atoms with Crippen LogP contribution in [0.15, 0.2) is 24.3 Å². The first-order chi connectivity index (χ1) is 15.3. The molecule has 0 heterocycles. The van der Waals surface area contributed by atoms with E-state index in [0.717, 1.165) is 49.8 Å². The summed E-state index contributed by atoms with van der Waals surface area (Å²) in [5.74, 6) is 3.58. The Balaban J connectivity index is 1.39. The molecule has 5 rings (SSSR count). The molecule has 8 atom stereocenters. The Morgan fingerprint density at radius 2 is 1.81 bits per heavy atom. The van der Waals surface area contributed by atoms with E-state index < -0.39 is 5.60 Å². The Hall–Kier alpha value is -1.10. The van der Waals surface area contributed by atoms with Crippen molar-refractivity contribution in [1.29, 1.82) is 0 Å². The molecule has 4 N–H and O–H groups in total. The van der Waals surface area contributed by atoms with Crippen LogP contribution in [-0.4, -0.2) is 29.5 Å². The molecule has 0 spiro atoms. The molecule has 0 bridgehead atoms. The van der Waals surface area contributed by atoms with E-state index in [1.807, 2.05) is 12.1 Å². The van der Waals surface area contributed by atoms with Gasteiger partial charge in [0.15, 0.2) is 0 Å². The molecule has 4 aliphatic rings. The van der Waals surface area contributed by atoms with Crippen LogP contribution in [-0.2, 0) is 5.60 Å². The molecule has 1 aromatic rings. The summed E-state index contributed by atoms with van der Waals surface area (Å²) in [6.45, 7) is 6.10. The SMILES string of the molecule is C[C@]12CC(O)(c3cccc(OCCCN)c3)CCC1CC[C@@H]1[C@H]2CC[C@]2(C)C(O)CC[C@@H]12. The van der Waals surface area contributed by atoms with Gasteiger partial charge < -0.3 is 20.7 Å². The number of ether oxygens (including phenoxy) is 1. The van der Waals surface area contributed by atoms with E-state index in [1.54, 1.807) is 0 Å². The lowest BCUT2D eigenvalue weighted by Crippen LogP contribution is -2.56. The maximum Gasteiger partial charge on any atom is 0.119 e. The summed E-state index contributed by atoms with van der Waals surface area (Å²) in [6, 6.07) is 8.16. The predicted octanol–water partition coefficient (Wildman–Crippen LogP) is 5.01. The van der Waals surface area contributed by atoms with Gasteiger partial charge in [-0.15, -0.1) is 0 Å². The van der Waals surface area contributed by atoms with Gasteiger partial charge in [0, 0.05) is 0 Å². The van der Waals surface area contributed by atoms with Gasteiger partial charge in [-0.25, -0.2) is 0 Å². The summed E-state index contributed by atoms with van der Waals surface area (Å²) in [5, 5.41) is 22.7. The molecule has 3 unspecified atom stereocenters. The molecule has 0 aliphatic heterocycles. The second kappa shape index (κ2) is 8.29. The lowest BCUT2D eigenvalue weighted by atomic mass is 9.43. The average Bonchev–Trinajstić information content (AvgIpc) is 3.08. The number of nitrogens with two attached hydrogens (primary N) is 1. The standard InChI is InChI=1S/C28H43NO3/c1-26-13-12-24-22(23(26)9-10-25(26)30)8-7-19-11-14-28(31,18-27(19,24)2)20-5-3-6-21(17-20)32-16-4-15-29/h3,5-6,17,19,22-25,30-31H,4,7-16,18,29H2,1-2H3/t19?,22-,23-,24+,25?,26-,27-,28?/m0/s1. The zero-order valence-electron chi connectivity index (χ0n) is 20.1. The van der Waals surface area contributed by atoms with Crippen LogP contribution < -0.4 is 10.5 Å². The number of hydrogen-bond donors (Lipinski definition) is 3. The molecular formula is C28H43NO3. The Morgan fingerprint density at radius 1 is 1.00 bits per heavy atom. The monoisotopic (exact) mass is 441 g/mol. The first-order valence-electron chi connectivity index (χ1n) is 13.1. The van der Waals surface area contributed by atoms with E-state index in [-0.39, 0.29) is 16.9 Å². The van der Waals surface area contributed by atoms with Crippen LogP contribution in [0.1, 0.15) is 83.6 Å². The van der Waals surface area contributed by atoms with Gasteiger partial charge >= 0.3 is 0 Å². The fourth-order valence-electron chi connectivity index (χ4n) is 8.78. The van der Waals surface area contributed by atoms with Gasteiger partial charge in [0.05, 0.1) is 18.3 Å². The van der Waals surface area contributed by atoms with Crippen molar-refractivity contribution in [3.8, 4) is 5.75 Å². The molecule has 0 aromatic heterocycles. The Labute approximate surface area is 193 Å². The normalized spacial score (nSPS) is 45.6. The Kier molecular flexibility index (Phi) is 5.87. The van der Waals surface area contributed by atoms with Gasteiger partial charge in [-0.05, 0) is 123 Å². The third kappa shape index (κ3) is 3.52. The van der Waals surface area contributed by atoms with Crippen LogP contribution in [0, 0.1) is 34.5 Å². The van der Waals surface area contributed by atoms with Crippen molar-refractivity contribution in [2.45, 2.75) is 89.8 Å². The quantitative estimate of drug-likeness (QED) is 0.562. The zero-order valence-corrected chi connectivity index (χ0v) is 20.1. The topological polar surface area (TPSA) is 75.7 Å². The summed E-state index contributed by atoms with van der Waals surface area (Å²) < 4.78 is 5.89. The molecule has 4 aliphatic carbocycles. The fraction of sp³-hybridized carbons (Fsp3) is 0.786. The highest BCUT2D eigenvalue weighted by Gasteiger charge is 2.61. The molecule has 4 fully saturated rings. The highest BCUT2D eigenvalue weighted by Crippen LogP contribution is 2.67. The minimum absolute atomic E-state index is 0.116. The first kappa shape index (κ1) is 22.7. The van der Waals surface area contributed by atoms with E-state index in [1.165, 1.54) is 25.7 Å². The maximum atomic E-state index is 12.0. The van der Waals surface area contributed by atoms with Gasteiger partial charge in [0.25, 0.3) is 0 Å². The summed E-state index contributed by atoms with van der Waals surface area (Å²) in [7, 11) is 0. The van der Waals surface area contributed by atoms with E-state index in [0.29, 0.717) is 36.8 Å². The van der Waals surface area contributed by atoms with Crippen LogP contribution in [0.2, 0.25) is 0 Å². The number of aliphatic hydroxyl groups excluding tert-OH is 1. The number of fused-ring (bicyclic) bond motifs is 5. The van der Waals surface area contributed by atoms with Crippen molar-refractivity contribution in [3.63, 3.8) is 0 Å². The molecular weight excluding hydrogens is 398 g/mol. The van der Waals surface area contributed by atoms with Gasteiger partial charge in [0.1, 0.15) is 5.75 Å². The number of aliphatic hydroxyl groups is 2. The van der Waals surface area contributed by atoms with E-state index in [2.05, 4.69) is 26.0 Å².